The summed E-state index contributed by atoms with van der Waals surface area (Å²) in [4.78, 5) is 0. The highest BCUT2D eigenvalue weighted by Gasteiger charge is 2.04. The van der Waals surface area contributed by atoms with E-state index >= 15 is 0 Å². The smallest absolute Gasteiger partial charge is 0.127 e. The zero-order valence-corrected chi connectivity index (χ0v) is 8.82. The topological polar surface area (TPSA) is 30.5 Å². The van der Waals surface area contributed by atoms with E-state index in [0.29, 0.717) is 0 Å². The summed E-state index contributed by atoms with van der Waals surface area (Å²) in [5.41, 5.74) is 0. The van der Waals surface area contributed by atoms with E-state index in [0.717, 1.165) is 36.8 Å². The fourth-order valence-corrected chi connectivity index (χ4v) is 1.49. The Labute approximate surface area is 89.7 Å². The average molecular weight is 205 g/mol. The van der Waals surface area contributed by atoms with Crippen molar-refractivity contribution in [1.29, 1.82) is 0 Å². The van der Waals surface area contributed by atoms with Crippen LogP contribution in [0.25, 0.3) is 0 Å². The van der Waals surface area contributed by atoms with Gasteiger partial charge in [0.25, 0.3) is 0 Å². The largest absolute Gasteiger partial charge is 0.497 e. The summed E-state index contributed by atoms with van der Waals surface area (Å²) in [6.07, 6.45) is 3.03. The van der Waals surface area contributed by atoms with Crippen LogP contribution < -0.4 is 14.8 Å². The molecule has 0 saturated heterocycles. The van der Waals surface area contributed by atoms with E-state index in [1.54, 1.807) is 7.11 Å². The zero-order chi connectivity index (χ0) is 10.5. The minimum Gasteiger partial charge on any atom is -0.497 e. The van der Waals surface area contributed by atoms with Crippen molar-refractivity contribution in [1.82, 2.24) is 5.32 Å². The molecule has 0 spiro atoms. The summed E-state index contributed by atoms with van der Waals surface area (Å²) in [5.74, 6) is 2.75. The highest BCUT2D eigenvalue weighted by molar-refractivity contribution is 5.32. The minimum atomic E-state index is 0.849. The highest BCUT2D eigenvalue weighted by atomic mass is 16.5. The maximum Gasteiger partial charge on any atom is 0.127 e. The third-order valence-electron chi connectivity index (χ3n) is 2.33. The molecule has 1 N–H and O–H groups in total. The second-order valence-electron chi connectivity index (χ2n) is 3.40. The molecule has 1 aromatic rings. The lowest BCUT2D eigenvalue weighted by Gasteiger charge is -2.15. The summed E-state index contributed by atoms with van der Waals surface area (Å²) >= 11 is 0. The summed E-state index contributed by atoms with van der Waals surface area (Å²) < 4.78 is 10.8. The second-order valence-corrected chi connectivity index (χ2v) is 3.40. The summed E-state index contributed by atoms with van der Waals surface area (Å²) in [6, 6.07) is 7.64. The van der Waals surface area contributed by atoms with E-state index in [-0.39, 0.29) is 0 Å². The number of hydrogen-bond donors (Lipinski definition) is 1. The third-order valence-corrected chi connectivity index (χ3v) is 2.33. The Kier molecular flexibility index (Phi) is 3.25. The Morgan fingerprint density at radius 2 is 1.87 bits per heavy atom. The fourth-order valence-electron chi connectivity index (χ4n) is 1.49. The molecule has 0 aliphatic carbocycles. The Morgan fingerprint density at radius 1 is 1.13 bits per heavy atom. The molecule has 15 heavy (non-hydrogen) atoms. The first-order chi connectivity index (χ1) is 7.38. The molecule has 0 saturated carbocycles. The molecule has 0 unspecified atom stereocenters. The molecule has 0 aromatic heterocycles. The Bertz CT molecular complexity index is 343. The Morgan fingerprint density at radius 3 is 2.47 bits per heavy atom. The van der Waals surface area contributed by atoms with Gasteiger partial charge in [-0.2, -0.15) is 0 Å². The SMILES string of the molecule is COc1ccc(OC2=CCNCC2)cc1. The van der Waals surface area contributed by atoms with Crippen molar-refractivity contribution in [2.75, 3.05) is 20.2 Å². The number of ether oxygens (including phenoxy) is 2. The van der Waals surface area contributed by atoms with Crippen LogP contribution in [-0.4, -0.2) is 20.2 Å². The molecule has 0 atom stereocenters. The van der Waals surface area contributed by atoms with Crippen LogP contribution in [0, 0.1) is 0 Å². The Hall–Kier alpha value is -1.48. The summed E-state index contributed by atoms with van der Waals surface area (Å²) in [5, 5.41) is 3.24. The molecule has 1 heterocycles. The molecule has 0 amide bonds. The van der Waals surface area contributed by atoms with Crippen LogP contribution in [-0.2, 0) is 0 Å². The molecule has 0 radical (unpaired) electrons. The van der Waals surface area contributed by atoms with E-state index in [1.807, 2.05) is 24.3 Å². The monoisotopic (exact) mass is 205 g/mol. The van der Waals surface area contributed by atoms with E-state index in [2.05, 4.69) is 11.4 Å². The highest BCUT2D eigenvalue weighted by Crippen LogP contribution is 2.20. The van der Waals surface area contributed by atoms with Gasteiger partial charge in [0.15, 0.2) is 0 Å². The van der Waals surface area contributed by atoms with Crippen LogP contribution in [0.2, 0.25) is 0 Å². The lowest BCUT2D eigenvalue weighted by atomic mass is 10.2. The van der Waals surface area contributed by atoms with Gasteiger partial charge in [0.2, 0.25) is 0 Å². The maximum absolute atomic E-state index is 5.72. The lowest BCUT2D eigenvalue weighted by Crippen LogP contribution is -2.22. The number of nitrogens with one attached hydrogen (secondary N) is 1. The number of benzene rings is 1. The number of methoxy groups -OCH3 is 1. The molecular formula is C12H15NO2. The first kappa shape index (κ1) is 10.1. The maximum atomic E-state index is 5.72. The van der Waals surface area contributed by atoms with Crippen molar-refractivity contribution in [2.24, 2.45) is 0 Å². The Balaban J connectivity index is 2.00. The van der Waals surface area contributed by atoms with Crippen molar-refractivity contribution in [3.05, 3.63) is 36.1 Å². The zero-order valence-electron chi connectivity index (χ0n) is 8.82. The molecule has 3 nitrogen and oxygen atoms in total. The van der Waals surface area contributed by atoms with Gasteiger partial charge in [0, 0.05) is 19.5 Å². The van der Waals surface area contributed by atoms with Gasteiger partial charge >= 0.3 is 0 Å². The average Bonchev–Trinajstić information content (AvgIpc) is 2.31. The standard InChI is InChI=1S/C12H15NO2/c1-14-10-2-4-11(5-3-10)15-12-6-8-13-9-7-12/h2-6,13H,7-9H2,1H3. The number of hydrogen-bond acceptors (Lipinski definition) is 3. The van der Waals surface area contributed by atoms with Gasteiger partial charge in [-0.25, -0.2) is 0 Å². The molecule has 1 aromatic carbocycles. The molecule has 80 valence electrons. The molecule has 2 rings (SSSR count). The van der Waals surface area contributed by atoms with Crippen LogP contribution >= 0.6 is 0 Å². The minimum absolute atomic E-state index is 0.849. The van der Waals surface area contributed by atoms with E-state index < -0.39 is 0 Å². The van der Waals surface area contributed by atoms with Crippen molar-refractivity contribution < 1.29 is 9.47 Å². The number of rotatable bonds is 3. The predicted octanol–water partition coefficient (Wildman–Crippen LogP) is 1.95. The van der Waals surface area contributed by atoms with Crippen molar-refractivity contribution in [3.8, 4) is 11.5 Å². The first-order valence-electron chi connectivity index (χ1n) is 5.10. The molecule has 0 fully saturated rings. The summed E-state index contributed by atoms with van der Waals surface area (Å²) in [6.45, 7) is 1.88. The van der Waals surface area contributed by atoms with Gasteiger partial charge in [0.05, 0.1) is 7.11 Å². The van der Waals surface area contributed by atoms with Crippen LogP contribution in [0.15, 0.2) is 36.1 Å². The van der Waals surface area contributed by atoms with Crippen LogP contribution in [0.5, 0.6) is 11.5 Å². The van der Waals surface area contributed by atoms with Gasteiger partial charge < -0.3 is 14.8 Å². The van der Waals surface area contributed by atoms with E-state index in [1.165, 1.54) is 0 Å². The quantitative estimate of drug-likeness (QED) is 0.818. The van der Waals surface area contributed by atoms with Gasteiger partial charge in [-0.15, -0.1) is 0 Å². The normalized spacial score (nSPS) is 15.7. The second kappa shape index (κ2) is 4.84. The van der Waals surface area contributed by atoms with Crippen molar-refractivity contribution in [2.45, 2.75) is 6.42 Å². The molecule has 0 bridgehead atoms. The van der Waals surface area contributed by atoms with Crippen molar-refractivity contribution >= 4 is 0 Å². The fraction of sp³-hybridized carbons (Fsp3) is 0.333. The van der Waals surface area contributed by atoms with Gasteiger partial charge in [-0.3, -0.25) is 0 Å². The van der Waals surface area contributed by atoms with E-state index in [9.17, 15) is 0 Å². The van der Waals surface area contributed by atoms with Gasteiger partial charge in [-0.1, -0.05) is 0 Å². The molecular weight excluding hydrogens is 190 g/mol. The van der Waals surface area contributed by atoms with Gasteiger partial charge in [-0.05, 0) is 30.3 Å². The van der Waals surface area contributed by atoms with Gasteiger partial charge in [0.1, 0.15) is 17.3 Å². The third kappa shape index (κ3) is 2.73. The van der Waals surface area contributed by atoms with Crippen molar-refractivity contribution in [3.63, 3.8) is 0 Å². The predicted molar refractivity (Wildman–Crippen MR) is 59.2 cm³/mol. The van der Waals surface area contributed by atoms with E-state index in [4.69, 9.17) is 9.47 Å². The van der Waals surface area contributed by atoms with Crippen LogP contribution in [0.4, 0.5) is 0 Å². The molecule has 3 heteroatoms. The molecule has 1 aliphatic heterocycles. The lowest BCUT2D eigenvalue weighted by molar-refractivity contribution is 0.384. The van der Waals surface area contributed by atoms with Crippen LogP contribution in [0.1, 0.15) is 6.42 Å². The molecule has 1 aliphatic rings. The first-order valence-corrected chi connectivity index (χ1v) is 5.10. The summed E-state index contributed by atoms with van der Waals surface area (Å²) in [7, 11) is 1.66. The van der Waals surface area contributed by atoms with Crippen LogP contribution in [0.3, 0.4) is 0 Å².